The van der Waals surface area contributed by atoms with Gasteiger partial charge in [-0.25, -0.2) is 4.79 Å². The Kier molecular flexibility index (Phi) is 5.97. The van der Waals surface area contributed by atoms with Gasteiger partial charge in [-0.15, -0.1) is 18.2 Å². The van der Waals surface area contributed by atoms with Gasteiger partial charge in [-0.05, 0) is 13.3 Å². The summed E-state index contributed by atoms with van der Waals surface area (Å²) in [5, 5.41) is 3.85. The Bertz CT molecular complexity index is 204. The smallest absolute Gasteiger partial charge is 0.321 e. The van der Waals surface area contributed by atoms with Crippen molar-refractivity contribution in [1.29, 1.82) is 0 Å². The zero-order valence-electron chi connectivity index (χ0n) is 7.47. The maximum atomic E-state index is 10.9. The first-order valence-electron chi connectivity index (χ1n) is 3.91. The first-order valence-corrected chi connectivity index (χ1v) is 4.35. The summed E-state index contributed by atoms with van der Waals surface area (Å²) in [6.07, 6.45) is 2.34. The summed E-state index contributed by atoms with van der Waals surface area (Å²) in [6.45, 7) is 5.44. The first-order chi connectivity index (χ1) is 6.07. The summed E-state index contributed by atoms with van der Waals surface area (Å²) < 4.78 is 0. The van der Waals surface area contributed by atoms with Crippen LogP contribution in [0, 0.1) is 0 Å². The minimum atomic E-state index is -0.704. The number of amides is 3. The molecule has 0 saturated heterocycles. The van der Waals surface area contributed by atoms with Crippen LogP contribution in [-0.4, -0.2) is 23.9 Å². The fourth-order valence-corrected chi connectivity index (χ4v) is 0.598. The van der Waals surface area contributed by atoms with Gasteiger partial charge in [-0.3, -0.25) is 10.1 Å². The molecule has 0 saturated carbocycles. The van der Waals surface area contributed by atoms with Gasteiger partial charge in [-0.2, -0.15) is 0 Å². The number of halogens is 1. The first kappa shape index (κ1) is 12.0. The predicted octanol–water partition coefficient (Wildman–Crippen LogP) is 1.02. The highest BCUT2D eigenvalue weighted by Crippen LogP contribution is 1.91. The monoisotopic (exact) mass is 204 g/mol. The van der Waals surface area contributed by atoms with Gasteiger partial charge in [0.1, 0.15) is 5.38 Å². The van der Waals surface area contributed by atoms with Crippen molar-refractivity contribution < 1.29 is 9.59 Å². The van der Waals surface area contributed by atoms with Crippen molar-refractivity contribution in [3.8, 4) is 0 Å². The number of nitrogens with one attached hydrogen (secondary N) is 2. The number of rotatable bonds is 4. The van der Waals surface area contributed by atoms with Crippen LogP contribution in [-0.2, 0) is 4.79 Å². The van der Waals surface area contributed by atoms with Gasteiger partial charge >= 0.3 is 6.03 Å². The van der Waals surface area contributed by atoms with E-state index in [1.165, 1.54) is 6.92 Å². The van der Waals surface area contributed by atoms with E-state index in [1.807, 2.05) is 0 Å². The van der Waals surface area contributed by atoms with Crippen molar-refractivity contribution in [3.05, 3.63) is 12.7 Å². The van der Waals surface area contributed by atoms with E-state index in [9.17, 15) is 9.59 Å². The molecule has 0 fully saturated rings. The molecule has 0 bridgehead atoms. The lowest BCUT2D eigenvalue weighted by Gasteiger charge is -2.05. The van der Waals surface area contributed by atoms with Gasteiger partial charge in [0, 0.05) is 6.54 Å². The molecule has 0 rings (SSSR count). The third-order valence-electron chi connectivity index (χ3n) is 1.23. The van der Waals surface area contributed by atoms with E-state index in [2.05, 4.69) is 17.2 Å². The number of urea groups is 1. The van der Waals surface area contributed by atoms with E-state index in [1.54, 1.807) is 6.08 Å². The summed E-state index contributed by atoms with van der Waals surface area (Å²) in [7, 11) is 0. The van der Waals surface area contributed by atoms with Gasteiger partial charge < -0.3 is 5.32 Å². The lowest BCUT2D eigenvalue weighted by atomic mass is 10.4. The van der Waals surface area contributed by atoms with Crippen LogP contribution in [0.25, 0.3) is 0 Å². The predicted molar refractivity (Wildman–Crippen MR) is 51.7 cm³/mol. The Balaban J connectivity index is 3.62. The molecule has 5 heteroatoms. The van der Waals surface area contributed by atoms with Crippen LogP contribution in [0.15, 0.2) is 12.7 Å². The molecular weight excluding hydrogens is 192 g/mol. The topological polar surface area (TPSA) is 58.2 Å². The van der Waals surface area contributed by atoms with Crippen LogP contribution < -0.4 is 10.6 Å². The van der Waals surface area contributed by atoms with Gasteiger partial charge in [0.05, 0.1) is 0 Å². The molecule has 0 heterocycles. The van der Waals surface area contributed by atoms with Crippen molar-refractivity contribution in [2.24, 2.45) is 0 Å². The second-order valence-corrected chi connectivity index (χ2v) is 3.09. The molecule has 2 N–H and O–H groups in total. The van der Waals surface area contributed by atoms with Crippen LogP contribution in [0.1, 0.15) is 13.3 Å². The lowest BCUT2D eigenvalue weighted by molar-refractivity contribution is -0.119. The Hall–Kier alpha value is -1.03. The maximum absolute atomic E-state index is 10.9. The molecule has 13 heavy (non-hydrogen) atoms. The summed E-state index contributed by atoms with van der Waals surface area (Å²) in [5.74, 6) is -0.502. The summed E-state index contributed by atoms with van der Waals surface area (Å²) in [4.78, 5) is 21.8. The van der Waals surface area contributed by atoms with Gasteiger partial charge in [0.2, 0.25) is 5.91 Å². The average Bonchev–Trinajstić information content (AvgIpc) is 2.04. The summed E-state index contributed by atoms with van der Waals surface area (Å²) >= 11 is 5.43. The second kappa shape index (κ2) is 6.48. The van der Waals surface area contributed by atoms with Crippen LogP contribution in [0.5, 0.6) is 0 Å². The number of carbonyl (C=O) groups is 2. The quantitative estimate of drug-likeness (QED) is 0.408. The van der Waals surface area contributed by atoms with Crippen molar-refractivity contribution in [1.82, 2.24) is 10.6 Å². The van der Waals surface area contributed by atoms with E-state index in [0.717, 1.165) is 0 Å². The fourth-order valence-electron chi connectivity index (χ4n) is 0.543. The maximum Gasteiger partial charge on any atom is 0.321 e. The van der Waals surface area contributed by atoms with Crippen LogP contribution in [0.2, 0.25) is 0 Å². The third kappa shape index (κ3) is 6.16. The standard InChI is InChI=1S/C8H13ClN2O2/c1-3-4-5-10-8(13)11-7(12)6(2)9/h3,6H,1,4-5H2,2H3,(H2,10,11,12,13). The minimum absolute atomic E-state index is 0.458. The highest BCUT2D eigenvalue weighted by Gasteiger charge is 2.11. The molecule has 3 amide bonds. The molecule has 1 atom stereocenters. The van der Waals surface area contributed by atoms with E-state index in [4.69, 9.17) is 11.6 Å². The fraction of sp³-hybridized carbons (Fsp3) is 0.500. The molecule has 1 unspecified atom stereocenters. The minimum Gasteiger partial charge on any atom is -0.337 e. The number of alkyl halides is 1. The van der Waals surface area contributed by atoms with Crippen LogP contribution in [0.3, 0.4) is 0 Å². The van der Waals surface area contributed by atoms with Crippen LogP contribution in [0.4, 0.5) is 4.79 Å². The van der Waals surface area contributed by atoms with Crippen molar-refractivity contribution >= 4 is 23.5 Å². The number of hydrogen-bond donors (Lipinski definition) is 2. The Labute approximate surface area is 82.3 Å². The highest BCUT2D eigenvalue weighted by molar-refractivity contribution is 6.31. The van der Waals surface area contributed by atoms with E-state index in [0.29, 0.717) is 13.0 Å². The van der Waals surface area contributed by atoms with Gasteiger partial charge in [0.15, 0.2) is 0 Å². The Morgan fingerprint density at radius 1 is 1.62 bits per heavy atom. The third-order valence-corrected chi connectivity index (χ3v) is 1.43. The van der Waals surface area contributed by atoms with Gasteiger partial charge in [0.25, 0.3) is 0 Å². The average molecular weight is 205 g/mol. The molecule has 0 aromatic heterocycles. The zero-order valence-corrected chi connectivity index (χ0v) is 8.23. The van der Waals surface area contributed by atoms with Crippen molar-refractivity contribution in [3.63, 3.8) is 0 Å². The summed E-state index contributed by atoms with van der Waals surface area (Å²) in [5.41, 5.74) is 0. The molecule has 0 aliphatic carbocycles. The van der Waals surface area contributed by atoms with Crippen LogP contribution >= 0.6 is 11.6 Å². The van der Waals surface area contributed by atoms with E-state index < -0.39 is 17.3 Å². The number of imide groups is 1. The molecule has 0 radical (unpaired) electrons. The SMILES string of the molecule is C=CCCNC(=O)NC(=O)C(C)Cl. The lowest BCUT2D eigenvalue weighted by Crippen LogP contribution is -2.42. The zero-order chi connectivity index (χ0) is 10.3. The number of carbonyl (C=O) groups excluding carboxylic acids is 2. The molecule has 74 valence electrons. The van der Waals surface area contributed by atoms with E-state index in [-0.39, 0.29) is 0 Å². The molecule has 0 aromatic carbocycles. The molecular formula is C8H13ClN2O2. The molecule has 4 nitrogen and oxygen atoms in total. The summed E-state index contributed by atoms with van der Waals surface area (Å²) in [6, 6.07) is -0.528. The molecule has 0 aliphatic rings. The van der Waals surface area contributed by atoms with Crippen molar-refractivity contribution in [2.75, 3.05) is 6.54 Å². The normalized spacial score (nSPS) is 11.5. The largest absolute Gasteiger partial charge is 0.337 e. The number of hydrogen-bond acceptors (Lipinski definition) is 2. The molecule has 0 spiro atoms. The molecule has 0 aliphatic heterocycles. The second-order valence-electron chi connectivity index (χ2n) is 2.44. The van der Waals surface area contributed by atoms with Gasteiger partial charge in [-0.1, -0.05) is 6.08 Å². The molecule has 0 aromatic rings. The Morgan fingerprint density at radius 3 is 2.69 bits per heavy atom. The van der Waals surface area contributed by atoms with Crippen molar-refractivity contribution in [2.45, 2.75) is 18.7 Å². The highest BCUT2D eigenvalue weighted by atomic mass is 35.5. The van der Waals surface area contributed by atoms with E-state index >= 15 is 0 Å². The Morgan fingerprint density at radius 2 is 2.23 bits per heavy atom.